The average Bonchev–Trinajstić information content (AvgIpc) is 2.55. The highest BCUT2D eigenvalue weighted by Crippen LogP contribution is 2.26. The monoisotopic (exact) mass is 401 g/mol. The van der Waals surface area contributed by atoms with Gasteiger partial charge in [0.2, 0.25) is 0 Å². The minimum Gasteiger partial charge on any atom is -0.483 e. The number of rotatable bonds is 7. The van der Waals surface area contributed by atoms with Crippen LogP contribution >= 0.6 is 15.9 Å². The zero-order valence-corrected chi connectivity index (χ0v) is 13.9. The predicted molar refractivity (Wildman–Crippen MR) is 87.3 cm³/mol. The Labute approximate surface area is 145 Å². The van der Waals surface area contributed by atoms with Crippen LogP contribution < -0.4 is 14.8 Å². The smallest absolute Gasteiger partial charge is 0.387 e. The molecular formula is C16H14BrF2NO4. The van der Waals surface area contributed by atoms with E-state index in [1.807, 2.05) is 0 Å². The van der Waals surface area contributed by atoms with Crippen molar-refractivity contribution in [1.29, 1.82) is 0 Å². The average molecular weight is 402 g/mol. The summed E-state index contributed by atoms with van der Waals surface area (Å²) in [4.78, 5) is 11.9. The molecule has 128 valence electrons. The molecule has 5 nitrogen and oxygen atoms in total. The van der Waals surface area contributed by atoms with Crippen molar-refractivity contribution in [1.82, 2.24) is 0 Å². The Morgan fingerprint density at radius 1 is 1.21 bits per heavy atom. The molecule has 0 fully saturated rings. The number of anilines is 1. The number of para-hydroxylation sites is 2. The minimum atomic E-state index is -2.99. The molecule has 1 amide bonds. The number of hydrogen-bond donors (Lipinski definition) is 2. The van der Waals surface area contributed by atoms with E-state index in [0.717, 1.165) is 4.47 Å². The second-order valence-corrected chi connectivity index (χ2v) is 5.54. The van der Waals surface area contributed by atoms with Gasteiger partial charge in [0.25, 0.3) is 5.91 Å². The first kappa shape index (κ1) is 18.2. The summed E-state index contributed by atoms with van der Waals surface area (Å²) in [6.45, 7) is -3.59. The Kier molecular flexibility index (Phi) is 6.51. The SMILES string of the molecule is O=C(COc1ccc(Br)cc1CO)Nc1ccccc1OC(F)F. The summed E-state index contributed by atoms with van der Waals surface area (Å²) >= 11 is 3.27. The maximum absolute atomic E-state index is 12.3. The van der Waals surface area contributed by atoms with Gasteiger partial charge in [-0.3, -0.25) is 4.79 Å². The van der Waals surface area contributed by atoms with Gasteiger partial charge in [-0.2, -0.15) is 8.78 Å². The summed E-state index contributed by atoms with van der Waals surface area (Å²) in [7, 11) is 0. The third kappa shape index (κ3) is 5.17. The van der Waals surface area contributed by atoms with Gasteiger partial charge in [0.15, 0.2) is 6.61 Å². The third-order valence-corrected chi connectivity index (χ3v) is 3.42. The number of nitrogens with one attached hydrogen (secondary N) is 1. The van der Waals surface area contributed by atoms with E-state index in [9.17, 15) is 18.7 Å². The molecule has 0 aromatic heterocycles. The Bertz CT molecular complexity index is 712. The van der Waals surface area contributed by atoms with Crippen molar-refractivity contribution in [2.45, 2.75) is 13.2 Å². The lowest BCUT2D eigenvalue weighted by atomic mass is 10.2. The van der Waals surface area contributed by atoms with Crippen LogP contribution in [0.4, 0.5) is 14.5 Å². The predicted octanol–water partition coefficient (Wildman–Crippen LogP) is 3.56. The van der Waals surface area contributed by atoms with Crippen LogP contribution in [0.15, 0.2) is 46.9 Å². The van der Waals surface area contributed by atoms with Crippen molar-refractivity contribution in [2.75, 3.05) is 11.9 Å². The van der Waals surface area contributed by atoms with Crippen LogP contribution in [0.1, 0.15) is 5.56 Å². The standard InChI is InChI=1S/C16H14BrF2NO4/c17-11-5-6-13(10(7-11)8-21)23-9-15(22)20-12-3-1-2-4-14(12)24-16(18)19/h1-7,16,21H,8-9H2,(H,20,22). The first-order valence-electron chi connectivity index (χ1n) is 6.85. The summed E-state index contributed by atoms with van der Waals surface area (Å²) in [6.07, 6.45) is 0. The summed E-state index contributed by atoms with van der Waals surface area (Å²) in [6, 6.07) is 10.8. The molecule has 2 aromatic rings. The number of hydrogen-bond acceptors (Lipinski definition) is 4. The molecule has 0 aliphatic heterocycles. The molecule has 0 atom stereocenters. The summed E-state index contributed by atoms with van der Waals surface area (Å²) in [5, 5.41) is 11.7. The van der Waals surface area contributed by atoms with Crippen LogP contribution in [0.25, 0.3) is 0 Å². The zero-order valence-electron chi connectivity index (χ0n) is 12.3. The first-order valence-corrected chi connectivity index (χ1v) is 7.64. The van der Waals surface area contributed by atoms with E-state index < -0.39 is 12.5 Å². The third-order valence-electron chi connectivity index (χ3n) is 2.93. The molecule has 0 unspecified atom stereocenters. The Morgan fingerprint density at radius 3 is 2.67 bits per heavy atom. The molecule has 2 aromatic carbocycles. The van der Waals surface area contributed by atoms with Gasteiger partial charge < -0.3 is 19.9 Å². The van der Waals surface area contributed by atoms with Gasteiger partial charge in [-0.1, -0.05) is 28.1 Å². The summed E-state index contributed by atoms with van der Waals surface area (Å²) in [5.41, 5.74) is 0.628. The second-order valence-electron chi connectivity index (χ2n) is 4.62. The Morgan fingerprint density at radius 2 is 1.96 bits per heavy atom. The van der Waals surface area contributed by atoms with Gasteiger partial charge in [0.05, 0.1) is 12.3 Å². The fourth-order valence-corrected chi connectivity index (χ4v) is 2.32. The normalized spacial score (nSPS) is 10.5. The van der Waals surface area contributed by atoms with Gasteiger partial charge in [0, 0.05) is 10.0 Å². The van der Waals surface area contributed by atoms with Gasteiger partial charge in [-0.25, -0.2) is 0 Å². The Hall–Kier alpha value is -2.19. The second kappa shape index (κ2) is 8.60. The highest BCUT2D eigenvalue weighted by Gasteiger charge is 2.12. The minimum absolute atomic E-state index is 0.115. The highest BCUT2D eigenvalue weighted by molar-refractivity contribution is 9.10. The number of carbonyl (C=O) groups is 1. The molecule has 8 heteroatoms. The molecule has 0 radical (unpaired) electrons. The van der Waals surface area contributed by atoms with E-state index in [4.69, 9.17) is 4.74 Å². The van der Waals surface area contributed by atoms with Crippen molar-refractivity contribution >= 4 is 27.5 Å². The molecule has 2 rings (SSSR count). The van der Waals surface area contributed by atoms with E-state index in [1.54, 1.807) is 24.3 Å². The van der Waals surface area contributed by atoms with Gasteiger partial charge in [0.1, 0.15) is 11.5 Å². The number of ether oxygens (including phenoxy) is 2. The molecule has 0 bridgehead atoms. The largest absolute Gasteiger partial charge is 0.483 e. The molecule has 0 heterocycles. The quantitative estimate of drug-likeness (QED) is 0.744. The molecule has 0 aliphatic carbocycles. The van der Waals surface area contributed by atoms with E-state index in [2.05, 4.69) is 26.0 Å². The first-order chi connectivity index (χ1) is 11.5. The van der Waals surface area contributed by atoms with Crippen molar-refractivity contribution < 1.29 is 28.2 Å². The van der Waals surface area contributed by atoms with Crippen molar-refractivity contribution in [2.24, 2.45) is 0 Å². The number of alkyl halides is 2. The van der Waals surface area contributed by atoms with Gasteiger partial charge >= 0.3 is 6.61 Å². The van der Waals surface area contributed by atoms with Gasteiger partial charge in [-0.15, -0.1) is 0 Å². The number of aliphatic hydroxyl groups excluding tert-OH is 1. The van der Waals surface area contributed by atoms with Gasteiger partial charge in [-0.05, 0) is 30.3 Å². The lowest BCUT2D eigenvalue weighted by Crippen LogP contribution is -2.21. The highest BCUT2D eigenvalue weighted by atomic mass is 79.9. The molecule has 0 saturated heterocycles. The van der Waals surface area contributed by atoms with E-state index in [0.29, 0.717) is 11.3 Å². The van der Waals surface area contributed by atoms with Crippen LogP contribution in [0.2, 0.25) is 0 Å². The molecule has 2 N–H and O–H groups in total. The molecule has 24 heavy (non-hydrogen) atoms. The fourth-order valence-electron chi connectivity index (χ4n) is 1.91. The lowest BCUT2D eigenvalue weighted by Gasteiger charge is -2.13. The van der Waals surface area contributed by atoms with E-state index in [-0.39, 0.29) is 24.7 Å². The van der Waals surface area contributed by atoms with E-state index >= 15 is 0 Å². The van der Waals surface area contributed by atoms with Crippen LogP contribution in [-0.2, 0) is 11.4 Å². The van der Waals surface area contributed by atoms with Crippen LogP contribution in [-0.4, -0.2) is 24.2 Å². The van der Waals surface area contributed by atoms with Crippen LogP contribution in [0, 0.1) is 0 Å². The fraction of sp³-hybridized carbons (Fsp3) is 0.188. The van der Waals surface area contributed by atoms with Crippen LogP contribution in [0.5, 0.6) is 11.5 Å². The molecule has 0 saturated carbocycles. The lowest BCUT2D eigenvalue weighted by molar-refractivity contribution is -0.118. The summed E-state index contributed by atoms with van der Waals surface area (Å²) in [5.74, 6) is -0.333. The van der Waals surface area contributed by atoms with E-state index in [1.165, 1.54) is 18.2 Å². The molecular weight excluding hydrogens is 388 g/mol. The van der Waals surface area contributed by atoms with Crippen molar-refractivity contribution in [3.8, 4) is 11.5 Å². The van der Waals surface area contributed by atoms with Crippen molar-refractivity contribution in [3.05, 3.63) is 52.5 Å². The summed E-state index contributed by atoms with van der Waals surface area (Å²) < 4.78 is 35.1. The van der Waals surface area contributed by atoms with Crippen LogP contribution in [0.3, 0.4) is 0 Å². The topological polar surface area (TPSA) is 67.8 Å². The number of halogens is 3. The zero-order chi connectivity index (χ0) is 17.5. The number of benzene rings is 2. The molecule has 0 aliphatic rings. The number of amides is 1. The maximum atomic E-state index is 12.3. The number of aliphatic hydroxyl groups is 1. The maximum Gasteiger partial charge on any atom is 0.387 e. The number of carbonyl (C=O) groups excluding carboxylic acids is 1. The van der Waals surface area contributed by atoms with Crippen molar-refractivity contribution in [3.63, 3.8) is 0 Å². The molecule has 0 spiro atoms. The Balaban J connectivity index is 1.99.